The van der Waals surface area contributed by atoms with Crippen molar-refractivity contribution in [2.24, 2.45) is 0 Å². The first-order chi connectivity index (χ1) is 13.8. The average molecular weight is 408 g/mol. The molecule has 2 aromatic rings. The van der Waals surface area contributed by atoms with Gasteiger partial charge in [-0.15, -0.1) is 6.58 Å². The Bertz CT molecular complexity index is 948. The van der Waals surface area contributed by atoms with Gasteiger partial charge in [-0.2, -0.15) is 0 Å². The normalized spacial score (nSPS) is 10.2. The molecule has 2 N–H and O–H groups in total. The molecule has 2 amide bonds. The topological polar surface area (TPSA) is 76.7 Å². The van der Waals surface area contributed by atoms with Gasteiger partial charge in [0.15, 0.2) is 29.0 Å². The summed E-state index contributed by atoms with van der Waals surface area (Å²) < 4.78 is 50.3. The lowest BCUT2D eigenvalue weighted by Gasteiger charge is -2.14. The lowest BCUT2D eigenvalue weighted by atomic mass is 10.0. The van der Waals surface area contributed by atoms with Crippen molar-refractivity contribution in [3.63, 3.8) is 0 Å². The third-order valence-corrected chi connectivity index (χ3v) is 3.90. The minimum Gasteiger partial charge on any atom is -0.493 e. The molecule has 0 unspecified atom stereocenters. The largest absolute Gasteiger partial charge is 0.493 e. The molecule has 0 heterocycles. The van der Waals surface area contributed by atoms with E-state index in [2.05, 4.69) is 17.2 Å². The Morgan fingerprint density at radius 1 is 1.10 bits per heavy atom. The first kappa shape index (κ1) is 21.8. The van der Waals surface area contributed by atoms with E-state index in [4.69, 9.17) is 9.47 Å². The lowest BCUT2D eigenvalue weighted by molar-refractivity contribution is -0.115. The van der Waals surface area contributed by atoms with Crippen molar-refractivity contribution in [2.75, 3.05) is 26.1 Å². The molecule has 154 valence electrons. The van der Waals surface area contributed by atoms with E-state index in [0.29, 0.717) is 29.5 Å². The van der Waals surface area contributed by atoms with Crippen molar-refractivity contribution in [2.45, 2.75) is 6.42 Å². The van der Waals surface area contributed by atoms with Crippen molar-refractivity contribution in [1.29, 1.82) is 0 Å². The zero-order valence-electron chi connectivity index (χ0n) is 15.8. The van der Waals surface area contributed by atoms with Crippen molar-refractivity contribution < 1.29 is 32.2 Å². The number of allylic oxidation sites excluding steroid dienone is 1. The van der Waals surface area contributed by atoms with E-state index in [1.54, 1.807) is 12.1 Å². The monoisotopic (exact) mass is 408 g/mol. The van der Waals surface area contributed by atoms with Crippen molar-refractivity contribution in [1.82, 2.24) is 5.32 Å². The molecule has 6 nitrogen and oxygen atoms in total. The van der Waals surface area contributed by atoms with Crippen LogP contribution in [0.5, 0.6) is 11.5 Å². The van der Waals surface area contributed by atoms with Gasteiger partial charge in [-0.25, -0.2) is 13.2 Å². The third-order valence-electron chi connectivity index (χ3n) is 3.90. The van der Waals surface area contributed by atoms with Crippen LogP contribution < -0.4 is 20.1 Å². The molecule has 9 heteroatoms. The fraction of sp³-hybridized carbons (Fsp3) is 0.200. The SMILES string of the molecule is C=CCc1cc(C(=O)NCC(=O)Nc2ccc(F)c(F)c2F)cc(OC)c1OC. The fourth-order valence-electron chi connectivity index (χ4n) is 2.56. The number of hydrogen-bond acceptors (Lipinski definition) is 4. The van der Waals surface area contributed by atoms with E-state index in [-0.39, 0.29) is 5.56 Å². The van der Waals surface area contributed by atoms with Crippen LogP contribution >= 0.6 is 0 Å². The van der Waals surface area contributed by atoms with E-state index >= 15 is 0 Å². The summed E-state index contributed by atoms with van der Waals surface area (Å²) in [5.74, 6) is -5.25. The molecular weight excluding hydrogens is 389 g/mol. The number of carbonyl (C=O) groups is 2. The Morgan fingerprint density at radius 3 is 2.45 bits per heavy atom. The molecule has 0 aromatic heterocycles. The highest BCUT2D eigenvalue weighted by Crippen LogP contribution is 2.33. The molecule has 0 bridgehead atoms. The van der Waals surface area contributed by atoms with Crippen molar-refractivity contribution in [3.05, 3.63) is 65.5 Å². The summed E-state index contributed by atoms with van der Waals surface area (Å²) in [4.78, 5) is 24.3. The Hall–Kier alpha value is -3.49. The Balaban J connectivity index is 2.10. The zero-order valence-corrected chi connectivity index (χ0v) is 15.8. The van der Waals surface area contributed by atoms with Gasteiger partial charge < -0.3 is 20.1 Å². The van der Waals surface area contributed by atoms with Gasteiger partial charge in [0, 0.05) is 11.1 Å². The summed E-state index contributed by atoms with van der Waals surface area (Å²) in [6.45, 7) is 3.12. The molecule has 2 rings (SSSR count). The molecule has 0 saturated heterocycles. The van der Waals surface area contributed by atoms with Crippen LogP contribution in [-0.2, 0) is 11.2 Å². The number of benzene rings is 2. The maximum Gasteiger partial charge on any atom is 0.251 e. The zero-order chi connectivity index (χ0) is 21.6. The van der Waals surface area contributed by atoms with Gasteiger partial charge >= 0.3 is 0 Å². The second kappa shape index (κ2) is 9.63. The molecule has 0 aliphatic rings. The maximum absolute atomic E-state index is 13.6. The minimum absolute atomic E-state index is 0.200. The first-order valence-electron chi connectivity index (χ1n) is 8.39. The lowest BCUT2D eigenvalue weighted by Crippen LogP contribution is -2.33. The first-order valence-corrected chi connectivity index (χ1v) is 8.39. The smallest absolute Gasteiger partial charge is 0.251 e. The van der Waals surface area contributed by atoms with Crippen LogP contribution in [0.2, 0.25) is 0 Å². The number of nitrogens with one attached hydrogen (secondary N) is 2. The number of hydrogen-bond donors (Lipinski definition) is 2. The maximum atomic E-state index is 13.6. The van der Waals surface area contributed by atoms with Crippen LogP contribution in [0.25, 0.3) is 0 Å². The van der Waals surface area contributed by atoms with Crippen LogP contribution in [0.15, 0.2) is 36.9 Å². The Labute approximate surface area is 165 Å². The predicted molar refractivity (Wildman–Crippen MR) is 101 cm³/mol. The van der Waals surface area contributed by atoms with Gasteiger partial charge in [0.2, 0.25) is 5.91 Å². The van der Waals surface area contributed by atoms with Gasteiger partial charge in [0.25, 0.3) is 5.91 Å². The van der Waals surface area contributed by atoms with Crippen molar-refractivity contribution in [3.8, 4) is 11.5 Å². The van der Waals surface area contributed by atoms with Gasteiger partial charge in [-0.3, -0.25) is 9.59 Å². The van der Waals surface area contributed by atoms with Gasteiger partial charge in [-0.1, -0.05) is 6.08 Å². The molecule has 0 aliphatic heterocycles. The van der Waals surface area contributed by atoms with Crippen LogP contribution in [0, 0.1) is 17.5 Å². The number of rotatable bonds is 8. The second-order valence-electron chi connectivity index (χ2n) is 5.82. The number of methoxy groups -OCH3 is 2. The van der Waals surface area contributed by atoms with E-state index < -0.39 is 41.5 Å². The number of halogens is 3. The summed E-state index contributed by atoms with van der Waals surface area (Å²) in [5.41, 5.74) is 0.314. The highest BCUT2D eigenvalue weighted by Gasteiger charge is 2.18. The highest BCUT2D eigenvalue weighted by atomic mass is 19.2. The fourth-order valence-corrected chi connectivity index (χ4v) is 2.56. The minimum atomic E-state index is -1.70. The van der Waals surface area contributed by atoms with Crippen LogP contribution in [0.4, 0.5) is 18.9 Å². The van der Waals surface area contributed by atoms with E-state index in [1.807, 2.05) is 0 Å². The molecule has 0 atom stereocenters. The quantitative estimate of drug-likeness (QED) is 0.520. The van der Waals surface area contributed by atoms with Crippen LogP contribution in [0.1, 0.15) is 15.9 Å². The Morgan fingerprint density at radius 2 is 1.83 bits per heavy atom. The Kier molecular flexibility index (Phi) is 7.24. The standard InChI is InChI=1S/C20H19F3N2O4/c1-4-5-11-8-12(9-15(28-2)19(11)29-3)20(27)24-10-16(26)25-14-7-6-13(21)17(22)18(14)23/h4,6-9H,1,5,10H2,2-3H3,(H,24,27)(H,25,26). The highest BCUT2D eigenvalue weighted by molar-refractivity contribution is 6.00. The van der Waals surface area contributed by atoms with E-state index in [1.165, 1.54) is 20.3 Å². The molecule has 0 saturated carbocycles. The third kappa shape index (κ3) is 5.07. The molecule has 0 radical (unpaired) electrons. The van der Waals surface area contributed by atoms with Gasteiger partial charge in [-0.05, 0) is 30.7 Å². The number of amides is 2. The second-order valence-corrected chi connectivity index (χ2v) is 5.82. The molecule has 0 aliphatic carbocycles. The van der Waals surface area contributed by atoms with Gasteiger partial charge in [0.05, 0.1) is 26.5 Å². The van der Waals surface area contributed by atoms with E-state index in [0.717, 1.165) is 6.07 Å². The van der Waals surface area contributed by atoms with Crippen molar-refractivity contribution >= 4 is 17.5 Å². The number of anilines is 1. The summed E-state index contributed by atoms with van der Waals surface area (Å²) in [6.07, 6.45) is 2.04. The molecule has 0 spiro atoms. The molecule has 0 fully saturated rings. The van der Waals surface area contributed by atoms with E-state index in [9.17, 15) is 22.8 Å². The summed E-state index contributed by atoms with van der Waals surface area (Å²) in [5, 5.41) is 4.42. The van der Waals surface area contributed by atoms with Crippen LogP contribution in [0.3, 0.4) is 0 Å². The molecular formula is C20H19F3N2O4. The summed E-state index contributed by atoms with van der Waals surface area (Å²) in [6, 6.07) is 4.56. The number of carbonyl (C=O) groups excluding carboxylic acids is 2. The number of ether oxygens (including phenoxy) is 2. The average Bonchev–Trinajstić information content (AvgIpc) is 2.72. The van der Waals surface area contributed by atoms with Gasteiger partial charge in [0.1, 0.15) is 0 Å². The predicted octanol–water partition coefficient (Wildman–Crippen LogP) is 3.22. The van der Waals surface area contributed by atoms with Crippen LogP contribution in [-0.4, -0.2) is 32.6 Å². The summed E-state index contributed by atoms with van der Waals surface area (Å²) in [7, 11) is 2.88. The summed E-state index contributed by atoms with van der Waals surface area (Å²) >= 11 is 0. The molecule has 29 heavy (non-hydrogen) atoms. The molecule has 2 aromatic carbocycles.